The summed E-state index contributed by atoms with van der Waals surface area (Å²) in [5.41, 5.74) is 6.69. The highest BCUT2D eigenvalue weighted by Crippen LogP contribution is 2.28. The molecule has 1 aromatic rings. The highest BCUT2D eigenvalue weighted by molar-refractivity contribution is 9.10. The highest BCUT2D eigenvalue weighted by atomic mass is 79.9. The molecule has 3 N–H and O–H groups in total. The Hall–Kier alpha value is -0.790. The van der Waals surface area contributed by atoms with Gasteiger partial charge in [0.15, 0.2) is 0 Å². The van der Waals surface area contributed by atoms with Crippen LogP contribution in [0.5, 0.6) is 0 Å². The number of hydrogen-bond donors (Lipinski definition) is 2. The van der Waals surface area contributed by atoms with Gasteiger partial charge >= 0.3 is 10.2 Å². The van der Waals surface area contributed by atoms with Gasteiger partial charge < -0.3 is 5.73 Å². The molecule has 7 heteroatoms. The van der Waals surface area contributed by atoms with Gasteiger partial charge in [-0.3, -0.25) is 4.31 Å². The molecular weight excluding hydrogens is 306 g/mol. The summed E-state index contributed by atoms with van der Waals surface area (Å²) in [5.74, 6) is 0. The third-order valence-electron chi connectivity index (χ3n) is 2.58. The van der Waals surface area contributed by atoms with Crippen molar-refractivity contribution in [3.63, 3.8) is 0 Å². The molecule has 0 aromatic heterocycles. The quantitative estimate of drug-likeness (QED) is 0.825. The smallest absolute Gasteiger partial charge is 0.301 e. The molecule has 1 aromatic carbocycles. The monoisotopic (exact) mass is 319 g/mol. The second kappa shape index (κ2) is 4.47. The van der Waals surface area contributed by atoms with Gasteiger partial charge in [-0.1, -0.05) is 15.9 Å². The summed E-state index contributed by atoms with van der Waals surface area (Å²) >= 11 is 3.28. The Bertz CT molecular complexity index is 528. The second-order valence-corrected chi connectivity index (χ2v) is 6.72. The molecule has 0 saturated heterocycles. The SMILES string of the molecule is CN(c1ccc(Br)cc1N)S(=O)(=O)NC1CC1. The predicted molar refractivity (Wildman–Crippen MR) is 72.0 cm³/mol. The predicted octanol–water partition coefficient (Wildman–Crippen LogP) is 1.46. The number of nitrogen functional groups attached to an aromatic ring is 1. The van der Waals surface area contributed by atoms with E-state index in [2.05, 4.69) is 20.7 Å². The van der Waals surface area contributed by atoms with Crippen molar-refractivity contribution in [2.75, 3.05) is 17.1 Å². The fourth-order valence-corrected chi connectivity index (χ4v) is 3.05. The van der Waals surface area contributed by atoms with E-state index >= 15 is 0 Å². The Labute approximate surface area is 109 Å². The lowest BCUT2D eigenvalue weighted by Crippen LogP contribution is -2.39. The summed E-state index contributed by atoms with van der Waals surface area (Å²) < 4.78 is 28.5. The molecule has 0 radical (unpaired) electrons. The van der Waals surface area contributed by atoms with E-state index in [0.29, 0.717) is 11.4 Å². The number of benzene rings is 1. The minimum absolute atomic E-state index is 0.0825. The van der Waals surface area contributed by atoms with Crippen LogP contribution in [0.4, 0.5) is 11.4 Å². The van der Waals surface area contributed by atoms with Crippen molar-refractivity contribution >= 4 is 37.5 Å². The second-order valence-electron chi connectivity index (χ2n) is 4.07. The van der Waals surface area contributed by atoms with Crippen LogP contribution in [-0.2, 0) is 10.2 Å². The number of halogens is 1. The van der Waals surface area contributed by atoms with Crippen molar-refractivity contribution in [2.24, 2.45) is 0 Å². The van der Waals surface area contributed by atoms with Crippen LogP contribution in [0.15, 0.2) is 22.7 Å². The van der Waals surface area contributed by atoms with Gasteiger partial charge in [0, 0.05) is 17.6 Å². The van der Waals surface area contributed by atoms with E-state index in [0.717, 1.165) is 17.3 Å². The molecule has 1 aliphatic carbocycles. The standard InChI is InChI=1S/C10H14BrN3O2S/c1-14(17(15,16)13-8-3-4-8)10-5-2-7(11)6-9(10)12/h2,5-6,8,13H,3-4,12H2,1H3. The average Bonchev–Trinajstić information content (AvgIpc) is 3.00. The lowest BCUT2D eigenvalue weighted by atomic mass is 10.3. The van der Waals surface area contributed by atoms with E-state index < -0.39 is 10.2 Å². The number of hydrogen-bond acceptors (Lipinski definition) is 3. The van der Waals surface area contributed by atoms with Gasteiger partial charge in [0.25, 0.3) is 0 Å². The molecule has 0 atom stereocenters. The fraction of sp³-hybridized carbons (Fsp3) is 0.400. The van der Waals surface area contributed by atoms with E-state index in [1.165, 1.54) is 11.4 Å². The molecule has 0 heterocycles. The van der Waals surface area contributed by atoms with Crippen LogP contribution in [0.2, 0.25) is 0 Å². The molecule has 0 amide bonds. The Balaban J connectivity index is 2.26. The van der Waals surface area contributed by atoms with Crippen molar-refractivity contribution in [1.29, 1.82) is 0 Å². The van der Waals surface area contributed by atoms with Crippen molar-refractivity contribution in [3.8, 4) is 0 Å². The number of nitrogens with zero attached hydrogens (tertiary/aromatic N) is 1. The third-order valence-corrected chi connectivity index (χ3v) is 4.62. The summed E-state index contributed by atoms with van der Waals surface area (Å²) in [5, 5.41) is 0. The van der Waals surface area contributed by atoms with E-state index in [1.54, 1.807) is 18.2 Å². The molecule has 0 unspecified atom stereocenters. The Morgan fingerprint density at radius 2 is 2.12 bits per heavy atom. The molecular formula is C10H14BrN3O2S. The van der Waals surface area contributed by atoms with Gasteiger partial charge in [0.05, 0.1) is 11.4 Å². The fourth-order valence-electron chi connectivity index (χ4n) is 1.43. The molecule has 1 aliphatic rings. The zero-order valence-corrected chi connectivity index (χ0v) is 11.8. The zero-order valence-electron chi connectivity index (χ0n) is 9.35. The maximum absolute atomic E-state index is 12.0. The van der Waals surface area contributed by atoms with Gasteiger partial charge in [0.2, 0.25) is 0 Å². The zero-order chi connectivity index (χ0) is 12.6. The van der Waals surface area contributed by atoms with E-state index in [1.807, 2.05) is 0 Å². The first kappa shape index (κ1) is 12.7. The van der Waals surface area contributed by atoms with Gasteiger partial charge in [-0.2, -0.15) is 13.1 Å². The van der Waals surface area contributed by atoms with Crippen LogP contribution >= 0.6 is 15.9 Å². The van der Waals surface area contributed by atoms with Crippen LogP contribution < -0.4 is 14.8 Å². The summed E-state index contributed by atoms with van der Waals surface area (Å²) in [6.45, 7) is 0. The summed E-state index contributed by atoms with van der Waals surface area (Å²) in [6.07, 6.45) is 1.81. The van der Waals surface area contributed by atoms with Crippen LogP contribution in [0.1, 0.15) is 12.8 Å². The molecule has 0 spiro atoms. The topological polar surface area (TPSA) is 75.4 Å². The molecule has 0 aliphatic heterocycles. The maximum atomic E-state index is 12.0. The first-order valence-corrected chi connectivity index (χ1v) is 7.44. The first-order chi connectivity index (χ1) is 7.90. The Morgan fingerprint density at radius 3 is 2.65 bits per heavy atom. The van der Waals surface area contributed by atoms with Crippen LogP contribution in [0.3, 0.4) is 0 Å². The maximum Gasteiger partial charge on any atom is 0.301 e. The van der Waals surface area contributed by atoms with Gasteiger partial charge in [-0.05, 0) is 31.0 Å². The number of anilines is 2. The lowest BCUT2D eigenvalue weighted by Gasteiger charge is -2.21. The van der Waals surface area contributed by atoms with Gasteiger partial charge in [-0.15, -0.1) is 0 Å². The minimum Gasteiger partial charge on any atom is -0.397 e. The van der Waals surface area contributed by atoms with Crippen molar-refractivity contribution in [2.45, 2.75) is 18.9 Å². The van der Waals surface area contributed by atoms with Gasteiger partial charge in [0.1, 0.15) is 0 Å². The molecule has 1 fully saturated rings. The van der Waals surface area contributed by atoms with Gasteiger partial charge in [-0.25, -0.2) is 0 Å². The summed E-state index contributed by atoms with van der Waals surface area (Å²) in [7, 11) is -2.01. The summed E-state index contributed by atoms with van der Waals surface area (Å²) in [6, 6.07) is 5.19. The lowest BCUT2D eigenvalue weighted by molar-refractivity contribution is 0.579. The summed E-state index contributed by atoms with van der Waals surface area (Å²) in [4.78, 5) is 0. The van der Waals surface area contributed by atoms with E-state index in [9.17, 15) is 8.42 Å². The molecule has 1 saturated carbocycles. The van der Waals surface area contributed by atoms with Crippen LogP contribution in [-0.4, -0.2) is 21.5 Å². The number of rotatable bonds is 4. The third kappa shape index (κ3) is 2.91. The number of nitrogens with one attached hydrogen (secondary N) is 1. The van der Waals surface area contributed by atoms with E-state index in [4.69, 9.17) is 5.73 Å². The average molecular weight is 320 g/mol. The van der Waals surface area contributed by atoms with E-state index in [-0.39, 0.29) is 6.04 Å². The molecule has 17 heavy (non-hydrogen) atoms. The largest absolute Gasteiger partial charge is 0.397 e. The Morgan fingerprint density at radius 1 is 1.47 bits per heavy atom. The minimum atomic E-state index is -3.50. The van der Waals surface area contributed by atoms with Crippen molar-refractivity contribution in [1.82, 2.24) is 4.72 Å². The van der Waals surface area contributed by atoms with Crippen molar-refractivity contribution < 1.29 is 8.42 Å². The normalized spacial score (nSPS) is 15.9. The molecule has 94 valence electrons. The molecule has 2 rings (SSSR count). The van der Waals surface area contributed by atoms with Crippen LogP contribution in [0.25, 0.3) is 0 Å². The molecule has 0 bridgehead atoms. The Kier molecular flexibility index (Phi) is 3.33. The van der Waals surface area contributed by atoms with Crippen LogP contribution in [0, 0.1) is 0 Å². The number of nitrogens with two attached hydrogens (primary N) is 1. The van der Waals surface area contributed by atoms with Crippen molar-refractivity contribution in [3.05, 3.63) is 22.7 Å². The highest BCUT2D eigenvalue weighted by Gasteiger charge is 2.30. The first-order valence-electron chi connectivity index (χ1n) is 5.21. The molecule has 5 nitrogen and oxygen atoms in total.